The second kappa shape index (κ2) is 5.70. The van der Waals surface area contributed by atoms with Crippen molar-refractivity contribution in [2.75, 3.05) is 0 Å². The zero-order valence-corrected chi connectivity index (χ0v) is 12.1. The zero-order valence-electron chi connectivity index (χ0n) is 12.1. The van der Waals surface area contributed by atoms with Gasteiger partial charge in [0.2, 0.25) is 0 Å². The molecule has 1 aromatic heterocycles. The fourth-order valence-corrected chi connectivity index (χ4v) is 2.16. The second-order valence-corrected chi connectivity index (χ2v) is 4.92. The van der Waals surface area contributed by atoms with E-state index in [9.17, 15) is 13.2 Å². The van der Waals surface area contributed by atoms with Crippen LogP contribution < -0.4 is 11.5 Å². The molecule has 0 aliphatic carbocycles. The molecule has 2 aromatic rings. The molecule has 118 valence electrons. The quantitative estimate of drug-likeness (QED) is 0.674. The summed E-state index contributed by atoms with van der Waals surface area (Å²) in [6.07, 6.45) is -4.50. The lowest BCUT2D eigenvalue weighted by Gasteiger charge is -2.14. The lowest BCUT2D eigenvalue weighted by atomic mass is 10.1. The van der Waals surface area contributed by atoms with Crippen LogP contribution in [0, 0.1) is 13.8 Å². The van der Waals surface area contributed by atoms with Crippen LogP contribution in [0.2, 0.25) is 0 Å². The van der Waals surface area contributed by atoms with Gasteiger partial charge in [0.15, 0.2) is 5.96 Å². The van der Waals surface area contributed by atoms with Crippen molar-refractivity contribution in [3.8, 4) is 5.69 Å². The van der Waals surface area contributed by atoms with Gasteiger partial charge in [-0.05, 0) is 37.6 Å². The average Bonchev–Trinajstić information content (AvgIpc) is 2.74. The first kappa shape index (κ1) is 15.9. The fraction of sp³-hybridized carbons (Fsp3) is 0.286. The van der Waals surface area contributed by atoms with E-state index in [1.54, 1.807) is 26.0 Å². The third kappa shape index (κ3) is 3.38. The van der Waals surface area contributed by atoms with Gasteiger partial charge in [-0.25, -0.2) is 9.67 Å². The number of nitrogens with zero attached hydrogens (tertiary/aromatic N) is 3. The number of rotatable bonds is 3. The summed E-state index contributed by atoms with van der Waals surface area (Å²) in [6.45, 7) is 3.33. The first-order chi connectivity index (χ1) is 10.2. The van der Waals surface area contributed by atoms with Crippen LogP contribution in [0.5, 0.6) is 0 Å². The molecule has 4 N–H and O–H groups in total. The Labute approximate surface area is 125 Å². The highest BCUT2D eigenvalue weighted by Gasteiger charge is 2.33. The molecule has 0 unspecified atom stereocenters. The minimum absolute atomic E-state index is 0.00572. The second-order valence-electron chi connectivity index (χ2n) is 4.92. The molecular formula is C14H16F3N5. The normalized spacial score (nSPS) is 11.5. The molecule has 0 fully saturated rings. The van der Waals surface area contributed by atoms with Crippen LogP contribution in [0.1, 0.15) is 22.5 Å². The standard InChI is InChI=1S/C14H16F3N5/c1-8-5-9(2)22(21-8)11-4-3-10(7-20-13(18)19)12(6-11)14(15,16)17/h3-6H,7H2,1-2H3,(H4,18,19,20). The highest BCUT2D eigenvalue weighted by atomic mass is 19.4. The van der Waals surface area contributed by atoms with Crippen molar-refractivity contribution in [3.05, 3.63) is 46.8 Å². The molecular weight excluding hydrogens is 295 g/mol. The zero-order chi connectivity index (χ0) is 16.5. The van der Waals surface area contributed by atoms with Gasteiger partial charge in [-0.15, -0.1) is 0 Å². The highest BCUT2D eigenvalue weighted by molar-refractivity contribution is 5.75. The van der Waals surface area contributed by atoms with Crippen molar-refractivity contribution in [3.63, 3.8) is 0 Å². The van der Waals surface area contributed by atoms with Gasteiger partial charge in [-0.2, -0.15) is 18.3 Å². The van der Waals surface area contributed by atoms with Gasteiger partial charge < -0.3 is 11.5 Å². The molecule has 0 amide bonds. The number of aromatic nitrogens is 2. The summed E-state index contributed by atoms with van der Waals surface area (Å²) >= 11 is 0. The maximum Gasteiger partial charge on any atom is 0.416 e. The Morgan fingerprint density at radius 2 is 1.91 bits per heavy atom. The molecule has 0 saturated carbocycles. The number of alkyl halides is 3. The third-order valence-electron chi connectivity index (χ3n) is 3.08. The molecule has 0 saturated heterocycles. The van der Waals surface area contributed by atoms with E-state index in [1.165, 1.54) is 10.7 Å². The molecule has 1 aromatic carbocycles. The van der Waals surface area contributed by atoms with Crippen LogP contribution in [0.3, 0.4) is 0 Å². The number of guanidine groups is 1. The van der Waals surface area contributed by atoms with Crippen molar-refractivity contribution in [2.24, 2.45) is 16.5 Å². The maximum absolute atomic E-state index is 13.2. The van der Waals surface area contributed by atoms with Crippen LogP contribution in [0.25, 0.3) is 5.69 Å². The van der Waals surface area contributed by atoms with Crippen molar-refractivity contribution in [1.29, 1.82) is 0 Å². The predicted octanol–water partition coefficient (Wildman–Crippen LogP) is 2.28. The molecule has 22 heavy (non-hydrogen) atoms. The van der Waals surface area contributed by atoms with Crippen LogP contribution in [-0.2, 0) is 12.7 Å². The van der Waals surface area contributed by atoms with E-state index in [2.05, 4.69) is 10.1 Å². The number of halogens is 3. The molecule has 8 heteroatoms. The molecule has 0 aliphatic rings. The molecule has 0 atom stereocenters. The number of aliphatic imine (C=N–C) groups is 1. The van der Waals surface area contributed by atoms with E-state index >= 15 is 0 Å². The predicted molar refractivity (Wildman–Crippen MR) is 77.6 cm³/mol. The molecule has 5 nitrogen and oxygen atoms in total. The van der Waals surface area contributed by atoms with Crippen molar-refractivity contribution >= 4 is 5.96 Å². The fourth-order valence-electron chi connectivity index (χ4n) is 2.16. The minimum atomic E-state index is -4.50. The summed E-state index contributed by atoms with van der Waals surface area (Å²) in [6, 6.07) is 5.77. The van der Waals surface area contributed by atoms with E-state index in [1.807, 2.05) is 0 Å². The largest absolute Gasteiger partial charge is 0.416 e. The Morgan fingerprint density at radius 3 is 2.41 bits per heavy atom. The molecule has 0 spiro atoms. The first-order valence-corrected chi connectivity index (χ1v) is 6.47. The van der Waals surface area contributed by atoms with E-state index in [-0.39, 0.29) is 18.1 Å². The Kier molecular flexibility index (Phi) is 4.11. The highest BCUT2D eigenvalue weighted by Crippen LogP contribution is 2.34. The topological polar surface area (TPSA) is 82.2 Å². The monoisotopic (exact) mass is 311 g/mol. The number of benzene rings is 1. The van der Waals surface area contributed by atoms with Crippen molar-refractivity contribution in [1.82, 2.24) is 9.78 Å². The van der Waals surface area contributed by atoms with Gasteiger partial charge in [0, 0.05) is 5.69 Å². The van der Waals surface area contributed by atoms with Gasteiger partial charge in [-0.1, -0.05) is 6.07 Å². The van der Waals surface area contributed by atoms with Crippen molar-refractivity contribution in [2.45, 2.75) is 26.6 Å². The molecule has 0 radical (unpaired) electrons. The van der Waals surface area contributed by atoms with E-state index in [0.717, 1.165) is 17.5 Å². The summed E-state index contributed by atoms with van der Waals surface area (Å²) in [5.74, 6) is -0.254. The van der Waals surface area contributed by atoms with Gasteiger partial charge in [0.25, 0.3) is 0 Å². The lowest BCUT2D eigenvalue weighted by Crippen LogP contribution is -2.23. The van der Waals surface area contributed by atoms with Gasteiger partial charge in [0.1, 0.15) is 0 Å². The lowest BCUT2D eigenvalue weighted by molar-refractivity contribution is -0.138. The Balaban J connectivity index is 2.52. The van der Waals surface area contributed by atoms with E-state index in [0.29, 0.717) is 5.69 Å². The first-order valence-electron chi connectivity index (χ1n) is 6.47. The smallest absolute Gasteiger partial charge is 0.370 e. The van der Waals surface area contributed by atoms with Crippen LogP contribution in [0.4, 0.5) is 13.2 Å². The number of hydrogen-bond donors (Lipinski definition) is 2. The Morgan fingerprint density at radius 1 is 1.23 bits per heavy atom. The van der Waals surface area contributed by atoms with Gasteiger partial charge >= 0.3 is 6.18 Å². The number of aryl methyl sites for hydroxylation is 2. The van der Waals surface area contributed by atoms with Crippen LogP contribution in [0.15, 0.2) is 29.3 Å². The summed E-state index contributed by atoms with van der Waals surface area (Å²) in [5, 5.41) is 4.19. The maximum atomic E-state index is 13.2. The molecule has 2 rings (SSSR count). The van der Waals surface area contributed by atoms with Crippen LogP contribution >= 0.6 is 0 Å². The van der Waals surface area contributed by atoms with Gasteiger partial charge in [0.05, 0.1) is 23.5 Å². The van der Waals surface area contributed by atoms with E-state index in [4.69, 9.17) is 11.5 Å². The molecule has 1 heterocycles. The van der Waals surface area contributed by atoms with Crippen LogP contribution in [-0.4, -0.2) is 15.7 Å². The molecule has 0 bridgehead atoms. The van der Waals surface area contributed by atoms with Gasteiger partial charge in [-0.3, -0.25) is 0 Å². The Hall–Kier alpha value is -2.51. The SMILES string of the molecule is Cc1cc(C)n(-c2ccc(CN=C(N)N)c(C(F)(F)F)c2)n1. The summed E-state index contributed by atoms with van der Waals surface area (Å²) < 4.78 is 41.2. The summed E-state index contributed by atoms with van der Waals surface area (Å²) in [4.78, 5) is 3.64. The van der Waals surface area contributed by atoms with E-state index < -0.39 is 11.7 Å². The van der Waals surface area contributed by atoms with Crippen molar-refractivity contribution < 1.29 is 13.2 Å². The third-order valence-corrected chi connectivity index (χ3v) is 3.08. The number of hydrogen-bond acceptors (Lipinski definition) is 2. The Bertz CT molecular complexity index is 712. The molecule has 0 aliphatic heterocycles. The average molecular weight is 311 g/mol. The minimum Gasteiger partial charge on any atom is -0.370 e. The number of nitrogens with two attached hydrogens (primary N) is 2. The summed E-state index contributed by atoms with van der Waals surface area (Å²) in [7, 11) is 0. The summed E-state index contributed by atoms with van der Waals surface area (Å²) in [5.41, 5.74) is 11.4.